The van der Waals surface area contributed by atoms with E-state index in [1.807, 2.05) is 39.0 Å². The molecule has 3 N–H and O–H groups in total. The van der Waals surface area contributed by atoms with E-state index in [2.05, 4.69) is 48.6 Å². The van der Waals surface area contributed by atoms with Gasteiger partial charge < -0.3 is 15.4 Å². The van der Waals surface area contributed by atoms with E-state index < -0.39 is 5.91 Å². The molecule has 1 heterocycles. The van der Waals surface area contributed by atoms with E-state index in [0.29, 0.717) is 5.39 Å². The van der Waals surface area contributed by atoms with Gasteiger partial charge in [0.05, 0.1) is 12.1 Å². The number of anilines is 1. The number of hydrogen-bond donors (Lipinski definition) is 3. The molecule has 134 valence electrons. The highest BCUT2D eigenvalue weighted by Gasteiger charge is 2.12. The number of amides is 1. The molecule has 0 aliphatic carbocycles. The summed E-state index contributed by atoms with van der Waals surface area (Å²) < 4.78 is 0.846. The molecular weight excluding hydrogens is 396 g/mol. The van der Waals surface area contributed by atoms with E-state index in [9.17, 15) is 9.90 Å². The van der Waals surface area contributed by atoms with Crippen molar-refractivity contribution < 1.29 is 9.90 Å². The number of aromatic hydroxyl groups is 1. The normalized spacial score (nSPS) is 11.4. The second-order valence-electron chi connectivity index (χ2n) is 6.23. The lowest BCUT2D eigenvalue weighted by Crippen LogP contribution is -2.12. The van der Waals surface area contributed by atoms with Crippen molar-refractivity contribution in [1.82, 2.24) is 4.98 Å². The van der Waals surface area contributed by atoms with Gasteiger partial charge in [0, 0.05) is 15.5 Å². The van der Waals surface area contributed by atoms with Gasteiger partial charge in [0.15, 0.2) is 5.69 Å². The third-order valence-corrected chi connectivity index (χ3v) is 4.56. The first-order chi connectivity index (χ1) is 12.3. The second kappa shape index (κ2) is 7.29. The molecule has 7 heteroatoms. The summed E-state index contributed by atoms with van der Waals surface area (Å²) in [5, 5.41) is 21.5. The van der Waals surface area contributed by atoms with Crippen molar-refractivity contribution >= 4 is 44.1 Å². The third kappa shape index (κ3) is 3.77. The Kier molecular flexibility index (Phi) is 5.08. The molecule has 3 aromatic rings. The Balaban J connectivity index is 1.75. The van der Waals surface area contributed by atoms with E-state index in [1.54, 1.807) is 0 Å². The van der Waals surface area contributed by atoms with Crippen LogP contribution in [0, 0.1) is 20.8 Å². The molecule has 6 nitrogen and oxygen atoms in total. The Morgan fingerprint density at radius 1 is 1.19 bits per heavy atom. The molecule has 3 rings (SSSR count). The minimum atomic E-state index is -0.423. The molecule has 0 aliphatic heterocycles. The van der Waals surface area contributed by atoms with Crippen LogP contribution in [0.25, 0.3) is 10.9 Å². The number of azo groups is 1. The molecule has 1 aromatic heterocycles. The van der Waals surface area contributed by atoms with E-state index in [1.165, 1.54) is 5.56 Å². The Bertz CT molecular complexity index is 1000. The number of carbonyl (C=O) groups is 1. The maximum absolute atomic E-state index is 12.1. The lowest BCUT2D eigenvalue weighted by atomic mass is 10.1. The Morgan fingerprint density at radius 3 is 2.58 bits per heavy atom. The monoisotopic (exact) mass is 414 g/mol. The number of aromatic amines is 1. The maximum atomic E-state index is 12.1. The van der Waals surface area contributed by atoms with Crippen LogP contribution in [0.2, 0.25) is 0 Å². The number of H-pyrrole nitrogens is 1. The summed E-state index contributed by atoms with van der Waals surface area (Å²) in [5.74, 6) is -0.541. The van der Waals surface area contributed by atoms with Crippen LogP contribution >= 0.6 is 15.9 Å². The molecule has 0 unspecified atom stereocenters. The summed E-state index contributed by atoms with van der Waals surface area (Å²) in [5.41, 5.74) is 5.22. The van der Waals surface area contributed by atoms with Crippen LogP contribution in [0.3, 0.4) is 0 Å². The number of aromatic nitrogens is 1. The van der Waals surface area contributed by atoms with Crippen molar-refractivity contribution in [3.63, 3.8) is 0 Å². The summed E-state index contributed by atoms with van der Waals surface area (Å²) in [4.78, 5) is 14.9. The number of hydrogen-bond acceptors (Lipinski definition) is 4. The maximum Gasteiger partial charge on any atom is 0.283 e. The highest BCUT2D eigenvalue weighted by atomic mass is 79.9. The number of carbonyl (C=O) groups excluding carboxylic acids is 1. The van der Waals surface area contributed by atoms with Gasteiger partial charge in [-0.25, -0.2) is 0 Å². The van der Waals surface area contributed by atoms with Gasteiger partial charge in [-0.3, -0.25) is 4.79 Å². The number of nitrogens with one attached hydrogen (secondary N) is 2. The third-order valence-electron chi connectivity index (χ3n) is 4.07. The highest BCUT2D eigenvalue weighted by Crippen LogP contribution is 2.36. The Hall–Kier alpha value is -2.67. The van der Waals surface area contributed by atoms with Gasteiger partial charge in [-0.1, -0.05) is 33.6 Å². The fraction of sp³-hybridized carbons (Fsp3) is 0.211. The van der Waals surface area contributed by atoms with Crippen LogP contribution in [0.15, 0.2) is 45.0 Å². The zero-order chi connectivity index (χ0) is 18.8. The van der Waals surface area contributed by atoms with Gasteiger partial charge in [0.1, 0.15) is 0 Å². The highest BCUT2D eigenvalue weighted by molar-refractivity contribution is 9.10. The second-order valence-corrected chi connectivity index (χ2v) is 7.15. The number of halogens is 1. The predicted molar refractivity (Wildman–Crippen MR) is 106 cm³/mol. The van der Waals surface area contributed by atoms with Crippen molar-refractivity contribution in [3.05, 3.63) is 51.5 Å². The number of benzene rings is 2. The lowest BCUT2D eigenvalue weighted by Gasteiger charge is -2.12. The zero-order valence-corrected chi connectivity index (χ0v) is 16.3. The standard InChI is InChI=1S/C19H19BrN4O2/c1-10-6-11(2)17(12(3)7-10)21-9-16(25)23-24-18-14-8-13(20)4-5-15(14)22-19(18)26/h4-8,21-22,26H,9H2,1-3H3. The van der Waals surface area contributed by atoms with Crippen molar-refractivity contribution in [1.29, 1.82) is 0 Å². The van der Waals surface area contributed by atoms with E-state index in [-0.39, 0.29) is 18.1 Å². The molecule has 0 spiro atoms. The van der Waals surface area contributed by atoms with Crippen LogP contribution in [0.4, 0.5) is 11.4 Å². The van der Waals surface area contributed by atoms with Gasteiger partial charge in [-0.05, 0) is 50.1 Å². The van der Waals surface area contributed by atoms with Crippen molar-refractivity contribution in [3.8, 4) is 5.88 Å². The fourth-order valence-electron chi connectivity index (χ4n) is 3.00. The predicted octanol–water partition coefficient (Wildman–Crippen LogP) is 5.28. The number of nitrogens with zero attached hydrogens (tertiary/aromatic N) is 2. The van der Waals surface area contributed by atoms with Crippen LogP contribution in [-0.4, -0.2) is 22.5 Å². The Labute approximate surface area is 159 Å². The molecular formula is C19H19BrN4O2. The number of rotatable bonds is 4. The van der Waals surface area contributed by atoms with E-state index in [4.69, 9.17) is 0 Å². The van der Waals surface area contributed by atoms with Crippen LogP contribution in [-0.2, 0) is 4.79 Å². The molecule has 26 heavy (non-hydrogen) atoms. The van der Waals surface area contributed by atoms with Gasteiger partial charge in [0.25, 0.3) is 5.91 Å². The van der Waals surface area contributed by atoms with Crippen LogP contribution in [0.1, 0.15) is 16.7 Å². The molecule has 0 fully saturated rings. The zero-order valence-electron chi connectivity index (χ0n) is 14.7. The van der Waals surface area contributed by atoms with Gasteiger partial charge in [0.2, 0.25) is 5.88 Å². The van der Waals surface area contributed by atoms with E-state index in [0.717, 1.165) is 26.8 Å². The summed E-state index contributed by atoms with van der Waals surface area (Å²) >= 11 is 3.38. The average molecular weight is 415 g/mol. The summed E-state index contributed by atoms with van der Waals surface area (Å²) in [6.45, 7) is 6.06. The van der Waals surface area contributed by atoms with Crippen LogP contribution < -0.4 is 5.32 Å². The molecule has 2 aromatic carbocycles. The topological polar surface area (TPSA) is 89.8 Å². The molecule has 0 radical (unpaired) electrons. The average Bonchev–Trinajstić information content (AvgIpc) is 2.86. The summed E-state index contributed by atoms with van der Waals surface area (Å²) in [6, 6.07) is 9.58. The van der Waals surface area contributed by atoms with Crippen molar-refractivity contribution in [2.24, 2.45) is 10.2 Å². The molecule has 0 bridgehead atoms. The Morgan fingerprint density at radius 2 is 1.88 bits per heavy atom. The minimum absolute atomic E-state index is 0.0288. The first-order valence-corrected chi connectivity index (χ1v) is 8.91. The van der Waals surface area contributed by atoms with Gasteiger partial charge >= 0.3 is 0 Å². The summed E-state index contributed by atoms with van der Waals surface area (Å²) in [7, 11) is 0. The molecule has 0 atom stereocenters. The quantitative estimate of drug-likeness (QED) is 0.506. The van der Waals surface area contributed by atoms with Crippen LogP contribution in [0.5, 0.6) is 5.88 Å². The molecule has 1 amide bonds. The number of fused-ring (bicyclic) bond motifs is 1. The minimum Gasteiger partial charge on any atom is -0.493 e. The number of aryl methyl sites for hydroxylation is 3. The van der Waals surface area contributed by atoms with E-state index >= 15 is 0 Å². The SMILES string of the molecule is Cc1cc(C)c(NCC(=O)N=Nc2c(O)[nH]c3ccc(Br)cc23)c(C)c1. The first-order valence-electron chi connectivity index (χ1n) is 8.11. The fourth-order valence-corrected chi connectivity index (χ4v) is 3.36. The first kappa shape index (κ1) is 18.1. The van der Waals surface area contributed by atoms with Gasteiger partial charge in [-0.15, -0.1) is 10.2 Å². The molecule has 0 aliphatic rings. The smallest absolute Gasteiger partial charge is 0.283 e. The molecule has 0 saturated carbocycles. The molecule has 0 saturated heterocycles. The van der Waals surface area contributed by atoms with Crippen molar-refractivity contribution in [2.45, 2.75) is 20.8 Å². The largest absolute Gasteiger partial charge is 0.493 e. The van der Waals surface area contributed by atoms with Gasteiger partial charge in [-0.2, -0.15) is 0 Å². The lowest BCUT2D eigenvalue weighted by molar-refractivity contribution is -0.116. The summed E-state index contributed by atoms with van der Waals surface area (Å²) in [6.07, 6.45) is 0. The van der Waals surface area contributed by atoms with Crippen molar-refractivity contribution in [2.75, 3.05) is 11.9 Å².